The summed E-state index contributed by atoms with van der Waals surface area (Å²) in [5, 5.41) is 6.80. The Bertz CT molecular complexity index is 636. The number of likely N-dealkylation sites (N-methyl/N-ethyl adjacent to an activating group) is 2. The molecular weight excluding hydrogens is 481 g/mol. The summed E-state index contributed by atoms with van der Waals surface area (Å²) in [5.74, 6) is 1.55. The quantitative estimate of drug-likeness (QED) is 0.298. The number of nitrogens with zero attached hydrogens (tertiary/aromatic N) is 3. The van der Waals surface area contributed by atoms with Crippen molar-refractivity contribution < 1.29 is 9.53 Å². The van der Waals surface area contributed by atoms with Crippen molar-refractivity contribution in [1.29, 1.82) is 0 Å². The molecule has 29 heavy (non-hydrogen) atoms. The van der Waals surface area contributed by atoms with E-state index in [1.54, 1.807) is 26.1 Å². The zero-order valence-electron chi connectivity index (χ0n) is 18.1. The molecule has 0 radical (unpaired) electrons. The lowest BCUT2D eigenvalue weighted by atomic mass is 10.1. The highest BCUT2D eigenvalue weighted by Crippen LogP contribution is 2.15. The number of likely N-dealkylation sites (tertiary alicyclic amines) is 1. The number of amides is 1. The third kappa shape index (κ3) is 8.77. The van der Waals surface area contributed by atoms with Crippen LogP contribution >= 0.6 is 24.0 Å². The van der Waals surface area contributed by atoms with E-state index in [1.807, 2.05) is 12.1 Å². The number of ether oxygens (including phenoxy) is 1. The first-order valence-electron chi connectivity index (χ1n) is 10.1. The predicted molar refractivity (Wildman–Crippen MR) is 129 cm³/mol. The number of carbonyl (C=O) groups excluding carboxylic acids is 1. The fourth-order valence-corrected chi connectivity index (χ4v) is 3.34. The monoisotopic (exact) mass is 517 g/mol. The van der Waals surface area contributed by atoms with Gasteiger partial charge in [-0.1, -0.05) is 19.1 Å². The van der Waals surface area contributed by atoms with Crippen molar-refractivity contribution in [3.8, 4) is 5.75 Å². The summed E-state index contributed by atoms with van der Waals surface area (Å²) >= 11 is 0. The maximum absolute atomic E-state index is 11.9. The first kappa shape index (κ1) is 25.5. The number of carbonyl (C=O) groups is 1. The average molecular weight is 517 g/mol. The molecule has 164 valence electrons. The van der Waals surface area contributed by atoms with Gasteiger partial charge in [0.25, 0.3) is 0 Å². The van der Waals surface area contributed by atoms with E-state index in [0.717, 1.165) is 31.8 Å². The van der Waals surface area contributed by atoms with Crippen LogP contribution in [0.3, 0.4) is 0 Å². The second kappa shape index (κ2) is 13.6. The van der Waals surface area contributed by atoms with E-state index < -0.39 is 0 Å². The van der Waals surface area contributed by atoms with Crippen LogP contribution in [0.4, 0.5) is 0 Å². The molecule has 1 aliphatic heterocycles. The molecule has 1 fully saturated rings. The summed E-state index contributed by atoms with van der Waals surface area (Å²) in [5.41, 5.74) is 1.23. The van der Waals surface area contributed by atoms with Crippen LogP contribution < -0.4 is 15.4 Å². The third-order valence-corrected chi connectivity index (χ3v) is 5.15. The zero-order valence-corrected chi connectivity index (χ0v) is 20.4. The van der Waals surface area contributed by atoms with Crippen LogP contribution in [0.1, 0.15) is 25.3 Å². The van der Waals surface area contributed by atoms with Gasteiger partial charge in [0.05, 0.1) is 7.11 Å². The van der Waals surface area contributed by atoms with Crippen LogP contribution in [0, 0.1) is 0 Å². The van der Waals surface area contributed by atoms with E-state index in [0.29, 0.717) is 12.0 Å². The van der Waals surface area contributed by atoms with Crippen LogP contribution in [-0.4, -0.2) is 81.6 Å². The minimum atomic E-state index is -0.00712. The highest BCUT2D eigenvalue weighted by molar-refractivity contribution is 14.0. The second-order valence-corrected chi connectivity index (χ2v) is 7.28. The second-order valence-electron chi connectivity index (χ2n) is 7.28. The number of hydrogen-bond acceptors (Lipinski definition) is 4. The van der Waals surface area contributed by atoms with Gasteiger partial charge in [-0.05, 0) is 50.0 Å². The lowest BCUT2D eigenvalue weighted by Crippen LogP contribution is -2.45. The fourth-order valence-electron chi connectivity index (χ4n) is 3.34. The van der Waals surface area contributed by atoms with Crippen molar-refractivity contribution >= 4 is 35.8 Å². The number of benzene rings is 1. The largest absolute Gasteiger partial charge is 0.497 e. The van der Waals surface area contributed by atoms with Gasteiger partial charge in [-0.15, -0.1) is 24.0 Å². The maximum Gasteiger partial charge on any atom is 0.243 e. The Hall–Kier alpha value is -1.55. The molecular formula is C21H36IN5O2. The lowest BCUT2D eigenvalue weighted by Gasteiger charge is -2.24. The van der Waals surface area contributed by atoms with Gasteiger partial charge in [-0.2, -0.15) is 0 Å². The molecule has 1 amide bonds. The molecule has 1 aliphatic rings. The van der Waals surface area contributed by atoms with Crippen LogP contribution in [0.5, 0.6) is 5.75 Å². The Labute approximate surface area is 192 Å². The summed E-state index contributed by atoms with van der Waals surface area (Å²) in [7, 11) is 5.17. The average Bonchev–Trinajstić information content (AvgIpc) is 3.17. The van der Waals surface area contributed by atoms with E-state index in [2.05, 4.69) is 39.6 Å². The highest BCUT2D eigenvalue weighted by atomic mass is 127. The van der Waals surface area contributed by atoms with Crippen molar-refractivity contribution in [2.24, 2.45) is 4.99 Å². The number of guanidine groups is 1. The van der Waals surface area contributed by atoms with E-state index in [1.165, 1.54) is 24.9 Å². The molecule has 2 N–H and O–H groups in total. The molecule has 1 aromatic carbocycles. The predicted octanol–water partition coefficient (Wildman–Crippen LogP) is 1.96. The molecule has 1 unspecified atom stereocenters. The molecule has 0 bridgehead atoms. The van der Waals surface area contributed by atoms with Crippen molar-refractivity contribution in [2.75, 3.05) is 53.9 Å². The minimum absolute atomic E-state index is 0. The zero-order chi connectivity index (χ0) is 20.4. The number of halogens is 1. The summed E-state index contributed by atoms with van der Waals surface area (Å²) in [6, 6.07) is 8.61. The smallest absolute Gasteiger partial charge is 0.243 e. The SMILES string of the molecule is CCN1CCCC1CNC(=NCC(=O)N(C)C)NCCc1ccc(OC)cc1.I. The van der Waals surface area contributed by atoms with Crippen molar-refractivity contribution in [3.05, 3.63) is 29.8 Å². The number of hydrogen-bond donors (Lipinski definition) is 2. The number of methoxy groups -OCH3 is 1. The number of aliphatic imine (C=N–C) groups is 1. The van der Waals surface area contributed by atoms with Crippen molar-refractivity contribution in [2.45, 2.75) is 32.2 Å². The first-order chi connectivity index (χ1) is 13.5. The Balaban J connectivity index is 0.00000420. The topological polar surface area (TPSA) is 69.2 Å². The van der Waals surface area contributed by atoms with E-state index >= 15 is 0 Å². The van der Waals surface area contributed by atoms with Gasteiger partial charge in [0.15, 0.2) is 5.96 Å². The van der Waals surface area contributed by atoms with Gasteiger partial charge in [0.2, 0.25) is 5.91 Å². The van der Waals surface area contributed by atoms with E-state index in [4.69, 9.17) is 4.74 Å². The van der Waals surface area contributed by atoms with Crippen molar-refractivity contribution in [1.82, 2.24) is 20.4 Å². The standard InChI is InChI=1S/C21H35N5O2.HI/c1-5-26-14-6-7-18(26)15-23-21(24-16-20(27)25(2)3)22-13-12-17-8-10-19(28-4)11-9-17;/h8-11,18H,5-7,12-16H2,1-4H3,(H2,22,23,24);1H. The van der Waals surface area contributed by atoms with Gasteiger partial charge in [0.1, 0.15) is 12.3 Å². The lowest BCUT2D eigenvalue weighted by molar-refractivity contribution is -0.127. The van der Waals surface area contributed by atoms with Crippen LogP contribution in [0.15, 0.2) is 29.3 Å². The summed E-state index contributed by atoms with van der Waals surface area (Å²) < 4.78 is 5.20. The van der Waals surface area contributed by atoms with Crippen LogP contribution in [0.25, 0.3) is 0 Å². The Kier molecular flexibility index (Phi) is 12.0. The summed E-state index contributed by atoms with van der Waals surface area (Å²) in [6.07, 6.45) is 3.32. The summed E-state index contributed by atoms with van der Waals surface area (Å²) in [6.45, 7) is 6.18. The molecule has 1 atom stereocenters. The minimum Gasteiger partial charge on any atom is -0.497 e. The van der Waals surface area contributed by atoms with E-state index in [9.17, 15) is 4.79 Å². The fraction of sp³-hybridized carbons (Fsp3) is 0.619. The van der Waals surface area contributed by atoms with Crippen LogP contribution in [0.2, 0.25) is 0 Å². The highest BCUT2D eigenvalue weighted by Gasteiger charge is 2.22. The molecule has 1 saturated heterocycles. The summed E-state index contributed by atoms with van der Waals surface area (Å²) in [4.78, 5) is 20.4. The van der Waals surface area contributed by atoms with Gasteiger partial charge >= 0.3 is 0 Å². The molecule has 7 nitrogen and oxygen atoms in total. The number of rotatable bonds is 9. The molecule has 0 saturated carbocycles. The van der Waals surface area contributed by atoms with E-state index in [-0.39, 0.29) is 36.4 Å². The Morgan fingerprint density at radius 2 is 2.00 bits per heavy atom. The third-order valence-electron chi connectivity index (χ3n) is 5.15. The Morgan fingerprint density at radius 3 is 2.62 bits per heavy atom. The van der Waals surface area contributed by atoms with Gasteiger partial charge in [0, 0.05) is 33.2 Å². The van der Waals surface area contributed by atoms with Gasteiger partial charge in [-0.3, -0.25) is 9.69 Å². The molecule has 0 spiro atoms. The molecule has 2 rings (SSSR count). The Morgan fingerprint density at radius 1 is 1.28 bits per heavy atom. The van der Waals surface area contributed by atoms with Crippen molar-refractivity contribution in [3.63, 3.8) is 0 Å². The normalized spacial score (nSPS) is 16.8. The number of nitrogens with one attached hydrogen (secondary N) is 2. The van der Waals surface area contributed by atoms with Crippen LogP contribution in [-0.2, 0) is 11.2 Å². The molecule has 8 heteroatoms. The molecule has 1 heterocycles. The first-order valence-corrected chi connectivity index (χ1v) is 10.1. The molecule has 0 aromatic heterocycles. The molecule has 0 aliphatic carbocycles. The van der Waals surface area contributed by atoms with Gasteiger partial charge < -0.3 is 20.3 Å². The van der Waals surface area contributed by atoms with Gasteiger partial charge in [-0.25, -0.2) is 4.99 Å². The maximum atomic E-state index is 11.9. The molecule has 1 aromatic rings.